The van der Waals surface area contributed by atoms with Gasteiger partial charge in [-0.2, -0.15) is 0 Å². The summed E-state index contributed by atoms with van der Waals surface area (Å²) in [4.78, 5) is 39.1. The van der Waals surface area contributed by atoms with Crippen LogP contribution in [0.2, 0.25) is 0 Å². The number of carbonyl (C=O) groups excluding carboxylic acids is 3. The first kappa shape index (κ1) is 19.8. The molecule has 2 amide bonds. The Labute approximate surface area is 156 Å². The van der Waals surface area contributed by atoms with Crippen molar-refractivity contribution in [1.29, 1.82) is 0 Å². The van der Waals surface area contributed by atoms with Crippen molar-refractivity contribution >= 4 is 39.3 Å². The van der Waals surface area contributed by atoms with Gasteiger partial charge in [0.1, 0.15) is 0 Å². The Morgan fingerprint density at radius 3 is 2.73 bits per heavy atom. The van der Waals surface area contributed by atoms with Crippen LogP contribution in [0.4, 0.5) is 0 Å². The summed E-state index contributed by atoms with van der Waals surface area (Å²) in [6.07, 6.45) is 2.35. The van der Waals surface area contributed by atoms with Crippen LogP contribution in [0.15, 0.2) is 24.3 Å². The summed E-state index contributed by atoms with van der Waals surface area (Å²) in [7, 11) is 0. The van der Waals surface area contributed by atoms with Crippen LogP contribution in [0.5, 0.6) is 0 Å². The molecule has 26 heavy (non-hydrogen) atoms. The van der Waals surface area contributed by atoms with E-state index in [0.29, 0.717) is 19.4 Å². The zero-order valence-corrected chi connectivity index (χ0v) is 15.6. The van der Waals surface area contributed by atoms with E-state index in [0.717, 1.165) is 21.6 Å². The first-order valence-corrected chi connectivity index (χ1v) is 9.43. The number of ether oxygens (including phenoxy) is 1. The first-order valence-electron chi connectivity index (χ1n) is 8.62. The highest BCUT2D eigenvalue weighted by molar-refractivity contribution is 7.18. The summed E-state index contributed by atoms with van der Waals surface area (Å²) in [6.45, 7) is 2.02. The molecule has 0 saturated heterocycles. The van der Waals surface area contributed by atoms with Crippen molar-refractivity contribution in [3.05, 3.63) is 29.3 Å². The molecule has 0 spiro atoms. The van der Waals surface area contributed by atoms with Crippen molar-refractivity contribution in [3.8, 4) is 0 Å². The fourth-order valence-corrected chi connectivity index (χ4v) is 3.19. The molecule has 0 aliphatic heterocycles. The minimum Gasteiger partial charge on any atom is -0.456 e. The van der Waals surface area contributed by atoms with Crippen LogP contribution in [0, 0.1) is 0 Å². The lowest BCUT2D eigenvalue weighted by atomic mass is 10.2. The smallest absolute Gasteiger partial charge is 0.306 e. The number of para-hydroxylation sites is 1. The van der Waals surface area contributed by atoms with Gasteiger partial charge in [0.15, 0.2) is 6.61 Å². The van der Waals surface area contributed by atoms with Gasteiger partial charge in [0.05, 0.1) is 21.8 Å². The van der Waals surface area contributed by atoms with E-state index in [1.165, 1.54) is 0 Å². The van der Waals surface area contributed by atoms with Crippen molar-refractivity contribution in [3.63, 3.8) is 0 Å². The highest BCUT2D eigenvalue weighted by Gasteiger charge is 2.10. The number of fused-ring (bicyclic) bond motifs is 1. The number of hydrogen-bond acceptors (Lipinski definition) is 6. The summed E-state index contributed by atoms with van der Waals surface area (Å²) in [5.74, 6) is -1.18. The number of aromatic nitrogens is 1. The van der Waals surface area contributed by atoms with Crippen LogP contribution in [-0.2, 0) is 25.5 Å². The number of hydrogen-bond donors (Lipinski definition) is 2. The molecule has 2 rings (SSSR count). The van der Waals surface area contributed by atoms with Gasteiger partial charge < -0.3 is 15.4 Å². The van der Waals surface area contributed by atoms with E-state index in [1.807, 2.05) is 31.2 Å². The van der Waals surface area contributed by atoms with Crippen molar-refractivity contribution in [2.45, 2.75) is 32.6 Å². The molecule has 2 aromatic rings. The number of esters is 1. The maximum absolute atomic E-state index is 11.7. The molecule has 1 aromatic heterocycles. The summed E-state index contributed by atoms with van der Waals surface area (Å²) >= 11 is 1.62. The number of thiazole rings is 1. The lowest BCUT2D eigenvalue weighted by Crippen LogP contribution is -2.38. The highest BCUT2D eigenvalue weighted by atomic mass is 32.1. The van der Waals surface area contributed by atoms with Crippen molar-refractivity contribution in [2.75, 3.05) is 19.7 Å². The Hall–Kier alpha value is -2.48. The van der Waals surface area contributed by atoms with Gasteiger partial charge >= 0.3 is 5.97 Å². The van der Waals surface area contributed by atoms with Crippen LogP contribution in [0.3, 0.4) is 0 Å². The first-order chi connectivity index (χ1) is 12.6. The molecule has 0 bridgehead atoms. The van der Waals surface area contributed by atoms with Crippen molar-refractivity contribution in [1.82, 2.24) is 15.6 Å². The summed E-state index contributed by atoms with van der Waals surface area (Å²) in [5, 5.41) is 6.03. The lowest BCUT2D eigenvalue weighted by molar-refractivity contribution is -0.148. The third kappa shape index (κ3) is 6.79. The second-order valence-electron chi connectivity index (χ2n) is 5.72. The molecule has 7 nitrogen and oxygen atoms in total. The van der Waals surface area contributed by atoms with Crippen LogP contribution in [0.25, 0.3) is 10.2 Å². The molecule has 2 N–H and O–H groups in total. The van der Waals surface area contributed by atoms with Crippen LogP contribution < -0.4 is 10.6 Å². The zero-order chi connectivity index (χ0) is 18.8. The number of rotatable bonds is 10. The van der Waals surface area contributed by atoms with E-state index in [1.54, 1.807) is 11.3 Å². The zero-order valence-electron chi connectivity index (χ0n) is 14.7. The second kappa shape index (κ2) is 10.5. The van der Waals surface area contributed by atoms with Crippen molar-refractivity contribution in [2.24, 2.45) is 0 Å². The van der Waals surface area contributed by atoms with Gasteiger partial charge in [-0.15, -0.1) is 11.3 Å². The largest absolute Gasteiger partial charge is 0.456 e. The van der Waals surface area contributed by atoms with Gasteiger partial charge in [0.2, 0.25) is 5.91 Å². The Kier molecular flexibility index (Phi) is 8.01. The lowest BCUT2D eigenvalue weighted by Gasteiger charge is -2.07. The van der Waals surface area contributed by atoms with Gasteiger partial charge in [-0.05, 0) is 31.4 Å². The fraction of sp³-hybridized carbons (Fsp3) is 0.444. The van der Waals surface area contributed by atoms with Gasteiger partial charge in [-0.3, -0.25) is 14.4 Å². The van der Waals surface area contributed by atoms with E-state index < -0.39 is 11.9 Å². The molecule has 0 fully saturated rings. The summed E-state index contributed by atoms with van der Waals surface area (Å²) in [5.41, 5.74) is 0.967. The van der Waals surface area contributed by atoms with Gasteiger partial charge in [0, 0.05) is 13.0 Å². The third-order valence-electron chi connectivity index (χ3n) is 3.49. The fourth-order valence-electron chi connectivity index (χ4n) is 2.19. The van der Waals surface area contributed by atoms with E-state index in [-0.39, 0.29) is 25.5 Å². The molecule has 0 saturated carbocycles. The molecule has 0 aliphatic rings. The summed E-state index contributed by atoms with van der Waals surface area (Å²) < 4.78 is 6.04. The minimum absolute atomic E-state index is 0.117. The van der Waals surface area contributed by atoms with Crippen molar-refractivity contribution < 1.29 is 19.1 Å². The number of nitrogens with zero attached hydrogens (tertiary/aromatic N) is 1. The Balaban J connectivity index is 1.59. The Bertz CT molecular complexity index is 727. The molecule has 0 radical (unpaired) electrons. The quantitative estimate of drug-likeness (QED) is 0.616. The van der Waals surface area contributed by atoms with Crippen LogP contribution in [-0.4, -0.2) is 42.5 Å². The number of aryl methyl sites for hydroxylation is 1. The molecular formula is C18H23N3O4S. The molecule has 0 aliphatic carbocycles. The number of nitrogens with one attached hydrogen (secondary N) is 2. The maximum Gasteiger partial charge on any atom is 0.306 e. The predicted octanol–water partition coefficient (Wildman–Crippen LogP) is 1.80. The Morgan fingerprint density at radius 1 is 1.15 bits per heavy atom. The van der Waals surface area contributed by atoms with E-state index >= 15 is 0 Å². The van der Waals surface area contributed by atoms with E-state index in [4.69, 9.17) is 4.74 Å². The number of amides is 2. The highest BCUT2D eigenvalue weighted by Crippen LogP contribution is 2.22. The van der Waals surface area contributed by atoms with E-state index in [2.05, 4.69) is 15.6 Å². The molecule has 8 heteroatoms. The normalized spacial score (nSPS) is 10.5. The minimum atomic E-state index is -0.490. The Morgan fingerprint density at radius 2 is 1.96 bits per heavy atom. The van der Waals surface area contributed by atoms with Gasteiger partial charge in [-0.1, -0.05) is 19.1 Å². The molecule has 1 aromatic carbocycles. The van der Waals surface area contributed by atoms with Crippen LogP contribution in [0.1, 0.15) is 31.2 Å². The standard InChI is InChI=1S/C18H23N3O4S/c1-2-10-19-15(22)11-20-16(23)12-25-18(24)9-5-8-17-21-13-6-3-4-7-14(13)26-17/h3-4,6-7H,2,5,8-12H2,1H3,(H,19,22)(H,20,23). The molecule has 140 valence electrons. The average molecular weight is 377 g/mol. The SMILES string of the molecule is CCCNC(=O)CNC(=O)COC(=O)CCCc1nc2ccccc2s1. The van der Waals surface area contributed by atoms with E-state index in [9.17, 15) is 14.4 Å². The van der Waals surface area contributed by atoms with Gasteiger partial charge in [0.25, 0.3) is 5.91 Å². The number of benzene rings is 1. The maximum atomic E-state index is 11.7. The second-order valence-corrected chi connectivity index (χ2v) is 6.83. The monoisotopic (exact) mass is 377 g/mol. The number of carbonyl (C=O) groups is 3. The molecule has 0 atom stereocenters. The average Bonchev–Trinajstić information content (AvgIpc) is 3.05. The molecular weight excluding hydrogens is 354 g/mol. The molecule has 1 heterocycles. The predicted molar refractivity (Wildman–Crippen MR) is 99.8 cm³/mol. The van der Waals surface area contributed by atoms with Gasteiger partial charge in [-0.25, -0.2) is 4.98 Å². The third-order valence-corrected chi connectivity index (χ3v) is 4.59. The molecule has 0 unspecified atom stereocenters. The summed E-state index contributed by atoms with van der Waals surface area (Å²) in [6, 6.07) is 7.90. The van der Waals surface area contributed by atoms with Crippen LogP contribution >= 0.6 is 11.3 Å². The topological polar surface area (TPSA) is 97.4 Å².